The zero-order chi connectivity index (χ0) is 17.1. The molecule has 0 saturated carbocycles. The van der Waals surface area contributed by atoms with Crippen LogP contribution >= 0.6 is 0 Å². The second kappa shape index (κ2) is 6.44. The molecule has 1 aromatic carbocycles. The molecular weight excluding hydrogens is 317 g/mol. The zero-order valence-electron chi connectivity index (χ0n) is 12.7. The lowest BCUT2D eigenvalue weighted by Crippen LogP contribution is -2.16. The number of rotatable bonds is 6. The molecule has 0 fully saturated rings. The number of non-ortho nitro benzene ring substituents is 1. The lowest BCUT2D eigenvalue weighted by atomic mass is 10.2. The van der Waals surface area contributed by atoms with Crippen molar-refractivity contribution >= 4 is 23.0 Å². The number of hydrogen-bond acceptors (Lipinski definition) is 7. The number of nitro benzene ring substituents is 1. The van der Waals surface area contributed by atoms with Crippen molar-refractivity contribution in [1.82, 2.24) is 19.6 Å². The van der Waals surface area contributed by atoms with Gasteiger partial charge in [-0.05, 0) is 13.0 Å². The number of anilines is 2. The van der Waals surface area contributed by atoms with Gasteiger partial charge in [0.05, 0.1) is 16.7 Å². The molecule has 0 aliphatic carbocycles. The van der Waals surface area contributed by atoms with E-state index in [1.807, 2.05) is 13.0 Å². The molecule has 24 heavy (non-hydrogen) atoms. The van der Waals surface area contributed by atoms with Crippen molar-refractivity contribution in [2.75, 3.05) is 23.7 Å². The molecule has 0 unspecified atom stereocenters. The Hall–Kier alpha value is -3.30. The lowest BCUT2D eigenvalue weighted by molar-refractivity contribution is -0.385. The summed E-state index contributed by atoms with van der Waals surface area (Å²) in [5.41, 5.74) is 0.726. The average Bonchev–Trinajstić information content (AvgIpc) is 3.00. The largest absolute Gasteiger partial charge is 0.381 e. The molecular formula is C14H14FN7O2. The summed E-state index contributed by atoms with van der Waals surface area (Å²) in [4.78, 5) is 18.2. The van der Waals surface area contributed by atoms with Crippen LogP contribution in [0.1, 0.15) is 5.69 Å². The van der Waals surface area contributed by atoms with E-state index in [9.17, 15) is 14.5 Å². The van der Waals surface area contributed by atoms with Crippen molar-refractivity contribution in [1.29, 1.82) is 0 Å². The fourth-order valence-electron chi connectivity index (χ4n) is 2.21. The highest BCUT2D eigenvalue weighted by molar-refractivity contribution is 5.50. The van der Waals surface area contributed by atoms with E-state index < -0.39 is 10.7 Å². The third-order valence-electron chi connectivity index (χ3n) is 3.29. The highest BCUT2D eigenvalue weighted by Gasteiger charge is 2.10. The Labute approximate surface area is 135 Å². The first-order valence-corrected chi connectivity index (χ1v) is 7.13. The predicted molar refractivity (Wildman–Crippen MR) is 85.6 cm³/mol. The Balaban J connectivity index is 1.61. The summed E-state index contributed by atoms with van der Waals surface area (Å²) in [5.74, 6) is 0.551. The van der Waals surface area contributed by atoms with E-state index >= 15 is 0 Å². The number of aromatic nitrogens is 4. The quantitative estimate of drug-likeness (QED) is 0.404. The van der Waals surface area contributed by atoms with E-state index in [1.54, 1.807) is 4.52 Å². The molecule has 0 spiro atoms. The van der Waals surface area contributed by atoms with E-state index in [2.05, 4.69) is 25.7 Å². The molecule has 2 aromatic heterocycles. The van der Waals surface area contributed by atoms with Gasteiger partial charge in [0.25, 0.3) is 11.5 Å². The number of aryl methyl sites for hydroxylation is 1. The van der Waals surface area contributed by atoms with Gasteiger partial charge in [-0.2, -0.15) is 14.6 Å². The molecule has 9 nitrogen and oxygen atoms in total. The van der Waals surface area contributed by atoms with Gasteiger partial charge >= 0.3 is 0 Å². The van der Waals surface area contributed by atoms with Crippen LogP contribution < -0.4 is 10.6 Å². The molecule has 3 aromatic rings. The lowest BCUT2D eigenvalue weighted by Gasteiger charge is -2.10. The summed E-state index contributed by atoms with van der Waals surface area (Å²) < 4.78 is 15.3. The number of halogens is 1. The van der Waals surface area contributed by atoms with E-state index in [4.69, 9.17) is 0 Å². The first-order chi connectivity index (χ1) is 11.5. The van der Waals surface area contributed by atoms with Crippen LogP contribution in [0.15, 0.2) is 30.6 Å². The average molecular weight is 331 g/mol. The molecule has 2 N–H and O–H groups in total. The van der Waals surface area contributed by atoms with Gasteiger partial charge in [-0.15, -0.1) is 0 Å². The van der Waals surface area contributed by atoms with Gasteiger partial charge in [0.15, 0.2) is 5.82 Å². The molecule has 0 bridgehead atoms. The van der Waals surface area contributed by atoms with Crippen molar-refractivity contribution in [2.45, 2.75) is 6.92 Å². The minimum absolute atomic E-state index is 0.208. The van der Waals surface area contributed by atoms with Crippen LogP contribution in [0, 0.1) is 22.9 Å². The predicted octanol–water partition coefficient (Wildman–Crippen LogP) is 2.00. The third-order valence-corrected chi connectivity index (χ3v) is 3.29. The second-order valence-electron chi connectivity index (χ2n) is 5.03. The number of benzene rings is 1. The van der Waals surface area contributed by atoms with E-state index in [1.165, 1.54) is 18.5 Å². The van der Waals surface area contributed by atoms with Crippen LogP contribution in [-0.4, -0.2) is 37.6 Å². The van der Waals surface area contributed by atoms with Crippen LogP contribution in [0.5, 0.6) is 0 Å². The molecule has 0 saturated heterocycles. The monoisotopic (exact) mass is 331 g/mol. The highest BCUT2D eigenvalue weighted by atomic mass is 19.1. The summed E-state index contributed by atoms with van der Waals surface area (Å²) in [5, 5.41) is 20.7. The SMILES string of the molecule is Cc1cc(NCCNc2ccc([N+](=O)[O-])cc2F)n2ncnc2n1. The molecule has 124 valence electrons. The van der Waals surface area contributed by atoms with Crippen molar-refractivity contribution in [3.05, 3.63) is 52.2 Å². The number of nitrogens with one attached hydrogen (secondary N) is 2. The smallest absolute Gasteiger partial charge is 0.272 e. The fraction of sp³-hybridized carbons (Fsp3) is 0.214. The first-order valence-electron chi connectivity index (χ1n) is 7.13. The normalized spacial score (nSPS) is 10.8. The summed E-state index contributed by atoms with van der Waals surface area (Å²) in [7, 11) is 0. The molecule has 0 amide bonds. The van der Waals surface area contributed by atoms with Gasteiger partial charge in [-0.1, -0.05) is 0 Å². The zero-order valence-corrected chi connectivity index (χ0v) is 12.7. The maximum absolute atomic E-state index is 13.8. The number of fused-ring (bicyclic) bond motifs is 1. The van der Waals surface area contributed by atoms with Gasteiger partial charge in [0.1, 0.15) is 12.1 Å². The Morgan fingerprint density at radius 3 is 2.83 bits per heavy atom. The van der Waals surface area contributed by atoms with Gasteiger partial charge in [0, 0.05) is 30.9 Å². The van der Waals surface area contributed by atoms with E-state index in [0.717, 1.165) is 17.6 Å². The summed E-state index contributed by atoms with van der Waals surface area (Å²) in [6, 6.07) is 5.32. The van der Waals surface area contributed by atoms with Gasteiger partial charge < -0.3 is 10.6 Å². The molecule has 0 radical (unpaired) electrons. The van der Waals surface area contributed by atoms with E-state index in [0.29, 0.717) is 18.9 Å². The van der Waals surface area contributed by atoms with Crippen LogP contribution in [0.25, 0.3) is 5.78 Å². The maximum Gasteiger partial charge on any atom is 0.272 e. The van der Waals surface area contributed by atoms with Crippen molar-refractivity contribution in [3.63, 3.8) is 0 Å². The van der Waals surface area contributed by atoms with Crippen LogP contribution in [0.4, 0.5) is 21.6 Å². The molecule has 3 rings (SSSR count). The molecule has 0 atom stereocenters. The minimum atomic E-state index is -0.664. The van der Waals surface area contributed by atoms with Crippen molar-refractivity contribution in [3.8, 4) is 0 Å². The van der Waals surface area contributed by atoms with Crippen LogP contribution in [-0.2, 0) is 0 Å². The molecule has 2 heterocycles. The fourth-order valence-corrected chi connectivity index (χ4v) is 2.21. The molecule has 0 aliphatic heterocycles. The van der Waals surface area contributed by atoms with Gasteiger partial charge in [-0.3, -0.25) is 10.1 Å². The Morgan fingerprint density at radius 1 is 1.29 bits per heavy atom. The van der Waals surface area contributed by atoms with E-state index in [-0.39, 0.29) is 11.4 Å². The number of nitrogens with zero attached hydrogens (tertiary/aromatic N) is 5. The molecule has 10 heteroatoms. The second-order valence-corrected chi connectivity index (χ2v) is 5.03. The summed E-state index contributed by atoms with van der Waals surface area (Å²) in [6.07, 6.45) is 1.41. The topological polar surface area (TPSA) is 110 Å². The number of hydrogen-bond donors (Lipinski definition) is 2. The summed E-state index contributed by atoms with van der Waals surface area (Å²) >= 11 is 0. The standard InChI is InChI=1S/C14H14FN7O2/c1-9-6-13(21-14(20-9)18-8-19-21)17-5-4-16-12-3-2-10(22(23)24)7-11(12)15/h2-3,6-8,16-17H,4-5H2,1H3. The third kappa shape index (κ3) is 3.21. The van der Waals surface area contributed by atoms with Gasteiger partial charge in [0.2, 0.25) is 0 Å². The maximum atomic E-state index is 13.8. The Kier molecular flexibility index (Phi) is 4.18. The van der Waals surface area contributed by atoms with Crippen molar-refractivity contribution < 1.29 is 9.31 Å². The minimum Gasteiger partial charge on any atom is -0.381 e. The van der Waals surface area contributed by atoms with Crippen LogP contribution in [0.3, 0.4) is 0 Å². The Morgan fingerprint density at radius 2 is 2.08 bits per heavy atom. The van der Waals surface area contributed by atoms with Crippen LogP contribution in [0.2, 0.25) is 0 Å². The molecule has 0 aliphatic rings. The highest BCUT2D eigenvalue weighted by Crippen LogP contribution is 2.20. The Bertz CT molecular complexity index is 896. The van der Waals surface area contributed by atoms with Gasteiger partial charge in [-0.25, -0.2) is 9.37 Å². The van der Waals surface area contributed by atoms with Crippen molar-refractivity contribution in [2.24, 2.45) is 0 Å². The summed E-state index contributed by atoms with van der Waals surface area (Å²) in [6.45, 7) is 2.74. The first kappa shape index (κ1) is 15.6. The number of nitro groups is 1.